The fourth-order valence-electron chi connectivity index (χ4n) is 2.14. The van der Waals surface area contributed by atoms with Gasteiger partial charge in [-0.3, -0.25) is 0 Å². The molecule has 0 aliphatic carbocycles. The number of aromatic nitrogens is 2. The van der Waals surface area contributed by atoms with Gasteiger partial charge in [0.05, 0.1) is 18.6 Å². The summed E-state index contributed by atoms with van der Waals surface area (Å²) in [6.45, 7) is 1.55. The van der Waals surface area contributed by atoms with E-state index in [1.54, 1.807) is 6.92 Å². The number of rotatable bonds is 2. The molecule has 2 N–H and O–H groups in total. The normalized spacial score (nSPS) is 23.0. The van der Waals surface area contributed by atoms with Gasteiger partial charge in [0.15, 0.2) is 5.69 Å². The van der Waals surface area contributed by atoms with Gasteiger partial charge in [0, 0.05) is 12.7 Å². The summed E-state index contributed by atoms with van der Waals surface area (Å²) in [5.74, 6) is -1.87. The van der Waals surface area contributed by atoms with Crippen molar-refractivity contribution in [1.29, 1.82) is 0 Å². The molecule has 5 nitrogen and oxygen atoms in total. The first-order chi connectivity index (χ1) is 8.82. The smallest absolute Gasteiger partial charge is 0.393 e. The number of alkyl halides is 3. The van der Waals surface area contributed by atoms with Crippen LogP contribution in [-0.4, -0.2) is 28.3 Å². The zero-order valence-corrected chi connectivity index (χ0v) is 10.3. The van der Waals surface area contributed by atoms with E-state index < -0.39 is 24.1 Å². The summed E-state index contributed by atoms with van der Waals surface area (Å²) in [4.78, 5) is 15.4. The molecule has 2 rings (SSSR count). The zero-order chi connectivity index (χ0) is 14.2. The van der Waals surface area contributed by atoms with Crippen molar-refractivity contribution in [3.63, 3.8) is 0 Å². The molecular formula is C11H14F3N3O2. The average Bonchev–Trinajstić information content (AvgIpc) is 2.72. The van der Waals surface area contributed by atoms with Gasteiger partial charge in [0.2, 0.25) is 0 Å². The van der Waals surface area contributed by atoms with Crippen molar-refractivity contribution in [2.75, 3.05) is 6.61 Å². The Kier molecular flexibility index (Phi) is 3.53. The highest BCUT2D eigenvalue weighted by Crippen LogP contribution is 2.37. The molecule has 106 valence electrons. The summed E-state index contributed by atoms with van der Waals surface area (Å²) in [5, 5.41) is 0. The minimum atomic E-state index is -4.30. The maximum absolute atomic E-state index is 12.7. The lowest BCUT2D eigenvalue weighted by Gasteiger charge is -2.29. The van der Waals surface area contributed by atoms with Gasteiger partial charge in [0.1, 0.15) is 5.82 Å². The van der Waals surface area contributed by atoms with Crippen molar-refractivity contribution in [1.82, 2.24) is 9.55 Å². The maximum Gasteiger partial charge on any atom is 0.393 e. The Morgan fingerprint density at radius 1 is 1.63 bits per heavy atom. The number of esters is 1. The number of nitrogens with two attached hydrogens (primary N) is 1. The highest BCUT2D eigenvalue weighted by atomic mass is 19.4. The Morgan fingerprint density at radius 3 is 2.89 bits per heavy atom. The molecule has 0 radical (unpaired) electrons. The van der Waals surface area contributed by atoms with Crippen LogP contribution in [-0.2, 0) is 11.3 Å². The second-order valence-corrected chi connectivity index (χ2v) is 4.44. The van der Waals surface area contributed by atoms with Crippen LogP contribution in [0, 0.1) is 5.92 Å². The van der Waals surface area contributed by atoms with Crippen LogP contribution >= 0.6 is 0 Å². The highest BCUT2D eigenvalue weighted by molar-refractivity contribution is 5.87. The summed E-state index contributed by atoms with van der Waals surface area (Å²) >= 11 is 0. The number of fused-ring (bicyclic) bond motifs is 1. The Balaban J connectivity index is 2.26. The second kappa shape index (κ2) is 4.84. The number of carbonyl (C=O) groups excluding carboxylic acids is 1. The van der Waals surface area contributed by atoms with E-state index in [-0.39, 0.29) is 25.3 Å². The monoisotopic (exact) mass is 277 g/mol. The maximum atomic E-state index is 12.7. The fourth-order valence-corrected chi connectivity index (χ4v) is 2.14. The van der Waals surface area contributed by atoms with Crippen molar-refractivity contribution in [2.24, 2.45) is 11.7 Å². The lowest BCUT2D eigenvalue weighted by molar-refractivity contribution is -0.184. The number of ether oxygens (including phenoxy) is 1. The predicted octanol–water partition coefficient (Wildman–Crippen LogP) is 1.64. The summed E-state index contributed by atoms with van der Waals surface area (Å²) in [6.07, 6.45) is -3.25. The third kappa shape index (κ3) is 2.73. The number of imidazole rings is 1. The van der Waals surface area contributed by atoms with E-state index in [2.05, 4.69) is 4.98 Å². The number of hydrogen-bond acceptors (Lipinski definition) is 4. The molecule has 2 heterocycles. The average molecular weight is 277 g/mol. The quantitative estimate of drug-likeness (QED) is 0.834. The van der Waals surface area contributed by atoms with Gasteiger partial charge < -0.3 is 15.0 Å². The SMILES string of the molecule is CCOC(=O)c1cn2c(n1)C(N)CC(C(F)(F)F)C2. The van der Waals surface area contributed by atoms with Crippen LogP contribution in [0.2, 0.25) is 0 Å². The van der Waals surface area contributed by atoms with E-state index in [0.717, 1.165) is 0 Å². The van der Waals surface area contributed by atoms with Crippen molar-refractivity contribution in [2.45, 2.75) is 32.1 Å². The van der Waals surface area contributed by atoms with Crippen LogP contribution < -0.4 is 5.73 Å². The molecule has 1 aliphatic rings. The summed E-state index contributed by atoms with van der Waals surface area (Å²) in [6, 6.07) is -0.830. The standard InChI is InChI=1S/C11H14F3N3O2/c1-2-19-10(18)8-5-17-4-6(11(12,13)14)3-7(15)9(17)16-8/h5-7H,2-4,15H2,1H3. The van der Waals surface area contributed by atoms with Crippen LogP contribution in [0.25, 0.3) is 0 Å². The van der Waals surface area contributed by atoms with Crippen molar-refractivity contribution >= 4 is 5.97 Å². The zero-order valence-electron chi connectivity index (χ0n) is 10.3. The van der Waals surface area contributed by atoms with Crippen molar-refractivity contribution in [3.8, 4) is 0 Å². The lowest BCUT2D eigenvalue weighted by atomic mass is 9.95. The topological polar surface area (TPSA) is 70.1 Å². The predicted molar refractivity (Wildman–Crippen MR) is 59.3 cm³/mol. The Bertz CT molecular complexity index is 484. The van der Waals surface area contributed by atoms with Crippen LogP contribution in [0.3, 0.4) is 0 Å². The van der Waals surface area contributed by atoms with Crippen LogP contribution in [0.15, 0.2) is 6.20 Å². The molecule has 0 amide bonds. The molecule has 1 aromatic heterocycles. The van der Waals surface area contributed by atoms with Gasteiger partial charge in [-0.1, -0.05) is 0 Å². The van der Waals surface area contributed by atoms with E-state index in [1.807, 2.05) is 0 Å². The third-order valence-electron chi connectivity index (χ3n) is 3.04. The van der Waals surface area contributed by atoms with Crippen molar-refractivity contribution in [3.05, 3.63) is 17.7 Å². The van der Waals surface area contributed by atoms with Crippen LogP contribution in [0.5, 0.6) is 0 Å². The first kappa shape index (κ1) is 13.9. The first-order valence-corrected chi connectivity index (χ1v) is 5.89. The Labute approximate surface area is 107 Å². The minimum Gasteiger partial charge on any atom is -0.461 e. The molecule has 0 spiro atoms. The van der Waals surface area contributed by atoms with Crippen molar-refractivity contribution < 1.29 is 22.7 Å². The Hall–Kier alpha value is -1.57. The number of halogens is 3. The number of carbonyl (C=O) groups is 1. The second-order valence-electron chi connectivity index (χ2n) is 4.44. The molecule has 2 atom stereocenters. The fraction of sp³-hybridized carbons (Fsp3) is 0.636. The molecule has 0 fully saturated rings. The first-order valence-electron chi connectivity index (χ1n) is 5.89. The van der Waals surface area contributed by atoms with E-state index in [9.17, 15) is 18.0 Å². The molecule has 0 saturated carbocycles. The molecule has 0 saturated heterocycles. The van der Waals surface area contributed by atoms with Gasteiger partial charge in [-0.15, -0.1) is 0 Å². The molecule has 1 aromatic rings. The van der Waals surface area contributed by atoms with Gasteiger partial charge >= 0.3 is 12.1 Å². The van der Waals surface area contributed by atoms with E-state index in [0.29, 0.717) is 5.82 Å². The molecule has 0 aromatic carbocycles. The van der Waals surface area contributed by atoms with E-state index in [1.165, 1.54) is 10.8 Å². The van der Waals surface area contributed by atoms with Gasteiger partial charge in [-0.05, 0) is 13.3 Å². The largest absolute Gasteiger partial charge is 0.461 e. The van der Waals surface area contributed by atoms with Gasteiger partial charge in [-0.25, -0.2) is 9.78 Å². The number of hydrogen-bond donors (Lipinski definition) is 1. The molecule has 0 bridgehead atoms. The van der Waals surface area contributed by atoms with Crippen LogP contribution in [0.4, 0.5) is 13.2 Å². The number of nitrogens with zero attached hydrogens (tertiary/aromatic N) is 2. The molecular weight excluding hydrogens is 263 g/mol. The minimum absolute atomic E-state index is 0.00451. The summed E-state index contributed by atoms with van der Waals surface area (Å²) in [7, 11) is 0. The van der Waals surface area contributed by atoms with Crippen LogP contribution in [0.1, 0.15) is 35.7 Å². The molecule has 19 heavy (non-hydrogen) atoms. The molecule has 1 aliphatic heterocycles. The highest BCUT2D eigenvalue weighted by Gasteiger charge is 2.44. The summed E-state index contributed by atoms with van der Waals surface area (Å²) < 4.78 is 44.2. The van der Waals surface area contributed by atoms with E-state index >= 15 is 0 Å². The third-order valence-corrected chi connectivity index (χ3v) is 3.04. The Morgan fingerprint density at radius 2 is 2.32 bits per heavy atom. The van der Waals surface area contributed by atoms with Gasteiger partial charge in [-0.2, -0.15) is 13.2 Å². The molecule has 8 heteroatoms. The lowest BCUT2D eigenvalue weighted by Crippen LogP contribution is -2.36. The van der Waals surface area contributed by atoms with Gasteiger partial charge in [0.25, 0.3) is 0 Å². The molecule has 2 unspecified atom stereocenters. The van der Waals surface area contributed by atoms with E-state index in [4.69, 9.17) is 10.5 Å². The summed E-state index contributed by atoms with van der Waals surface area (Å²) in [5.41, 5.74) is 5.68.